The molecule has 1 aliphatic carbocycles. The van der Waals surface area contributed by atoms with Gasteiger partial charge in [-0.1, -0.05) is 30.3 Å². The molecule has 86 valence electrons. The van der Waals surface area contributed by atoms with E-state index in [0.29, 0.717) is 0 Å². The second-order valence-corrected chi connectivity index (χ2v) is 5.75. The van der Waals surface area contributed by atoms with Crippen LogP contribution in [0.3, 0.4) is 0 Å². The third-order valence-electron chi connectivity index (χ3n) is 3.25. The lowest BCUT2D eigenvalue weighted by Gasteiger charge is -2.30. The largest absolute Gasteiger partial charge is 0.321 e. The van der Waals surface area contributed by atoms with E-state index in [2.05, 4.69) is 48.7 Å². The van der Waals surface area contributed by atoms with Crippen molar-refractivity contribution in [3.05, 3.63) is 57.8 Å². The molecule has 0 spiro atoms. The summed E-state index contributed by atoms with van der Waals surface area (Å²) in [6.45, 7) is 2.12. The van der Waals surface area contributed by atoms with Gasteiger partial charge in [0.1, 0.15) is 0 Å². The zero-order chi connectivity index (χ0) is 11.9. The molecular weight excluding hydrogens is 226 g/mol. The van der Waals surface area contributed by atoms with Crippen molar-refractivity contribution in [3.63, 3.8) is 0 Å². The van der Waals surface area contributed by atoms with Gasteiger partial charge in [0.15, 0.2) is 0 Å². The maximum absolute atomic E-state index is 6.43. The number of nitrogens with two attached hydrogens (primary N) is 1. The molecular formula is C15H15NS. The van der Waals surface area contributed by atoms with Gasteiger partial charge in [-0.3, -0.25) is 0 Å². The molecule has 0 saturated heterocycles. The smallest absolute Gasteiger partial charge is 0.0522 e. The van der Waals surface area contributed by atoms with E-state index in [-0.39, 0.29) is 5.54 Å². The Hall–Kier alpha value is -1.38. The SMILES string of the molecule is CC1(N)CC(c2ccccc2)=Cc2ccsc21. The molecule has 1 atom stereocenters. The molecule has 3 rings (SSSR count). The van der Waals surface area contributed by atoms with E-state index in [1.807, 2.05) is 6.07 Å². The summed E-state index contributed by atoms with van der Waals surface area (Å²) in [5.41, 5.74) is 10.1. The van der Waals surface area contributed by atoms with Crippen LogP contribution in [0.4, 0.5) is 0 Å². The summed E-state index contributed by atoms with van der Waals surface area (Å²) < 4.78 is 0. The summed E-state index contributed by atoms with van der Waals surface area (Å²) in [5, 5.41) is 2.13. The van der Waals surface area contributed by atoms with Crippen LogP contribution in [0, 0.1) is 0 Å². The highest BCUT2D eigenvalue weighted by molar-refractivity contribution is 7.10. The number of benzene rings is 1. The van der Waals surface area contributed by atoms with Crippen LogP contribution in [0.5, 0.6) is 0 Å². The lowest BCUT2D eigenvalue weighted by Crippen LogP contribution is -2.34. The first-order valence-corrected chi connectivity index (χ1v) is 6.68. The Morgan fingerprint density at radius 1 is 1.18 bits per heavy atom. The van der Waals surface area contributed by atoms with Crippen molar-refractivity contribution in [2.45, 2.75) is 18.9 Å². The van der Waals surface area contributed by atoms with E-state index in [0.717, 1.165) is 6.42 Å². The quantitative estimate of drug-likeness (QED) is 0.806. The first-order chi connectivity index (χ1) is 8.17. The molecule has 1 aromatic carbocycles. The van der Waals surface area contributed by atoms with Crippen LogP contribution in [0.25, 0.3) is 11.6 Å². The van der Waals surface area contributed by atoms with Gasteiger partial charge in [-0.05, 0) is 47.6 Å². The second-order valence-electron chi connectivity index (χ2n) is 4.83. The molecule has 0 fully saturated rings. The maximum atomic E-state index is 6.43. The molecule has 1 heterocycles. The average molecular weight is 241 g/mol. The topological polar surface area (TPSA) is 26.0 Å². The minimum absolute atomic E-state index is 0.233. The molecule has 0 radical (unpaired) electrons. The van der Waals surface area contributed by atoms with E-state index in [1.54, 1.807) is 11.3 Å². The summed E-state index contributed by atoms with van der Waals surface area (Å²) in [5.74, 6) is 0. The number of fused-ring (bicyclic) bond motifs is 1. The van der Waals surface area contributed by atoms with E-state index in [9.17, 15) is 0 Å². The fourth-order valence-electron chi connectivity index (χ4n) is 2.45. The Kier molecular flexibility index (Phi) is 2.42. The third kappa shape index (κ3) is 1.84. The summed E-state index contributed by atoms with van der Waals surface area (Å²) >= 11 is 1.76. The van der Waals surface area contributed by atoms with E-state index in [1.165, 1.54) is 21.6 Å². The van der Waals surface area contributed by atoms with Gasteiger partial charge < -0.3 is 5.73 Å². The maximum Gasteiger partial charge on any atom is 0.0522 e. The fraction of sp³-hybridized carbons (Fsp3) is 0.200. The molecule has 1 aliphatic rings. The monoisotopic (exact) mass is 241 g/mol. The van der Waals surface area contributed by atoms with Crippen LogP contribution in [-0.2, 0) is 5.54 Å². The lowest BCUT2D eigenvalue weighted by atomic mass is 9.82. The molecule has 0 bridgehead atoms. The van der Waals surface area contributed by atoms with Gasteiger partial charge in [-0.2, -0.15) is 0 Å². The minimum Gasteiger partial charge on any atom is -0.321 e. The molecule has 2 N–H and O–H groups in total. The molecule has 2 aromatic rings. The predicted octanol–water partition coefficient (Wildman–Crippen LogP) is 3.87. The first kappa shape index (κ1) is 10.8. The van der Waals surface area contributed by atoms with Gasteiger partial charge in [0.05, 0.1) is 5.54 Å². The zero-order valence-corrected chi connectivity index (χ0v) is 10.6. The van der Waals surface area contributed by atoms with E-state index < -0.39 is 0 Å². The van der Waals surface area contributed by atoms with Gasteiger partial charge in [0.2, 0.25) is 0 Å². The summed E-state index contributed by atoms with van der Waals surface area (Å²) in [6, 6.07) is 12.7. The number of hydrogen-bond donors (Lipinski definition) is 1. The molecule has 1 unspecified atom stereocenters. The Balaban J connectivity index is 2.11. The molecule has 17 heavy (non-hydrogen) atoms. The first-order valence-electron chi connectivity index (χ1n) is 5.80. The number of thiophene rings is 1. The normalized spacial score (nSPS) is 23.1. The molecule has 1 nitrogen and oxygen atoms in total. The second kappa shape index (κ2) is 3.83. The van der Waals surface area contributed by atoms with Crippen LogP contribution >= 0.6 is 11.3 Å². The Morgan fingerprint density at radius 3 is 2.71 bits per heavy atom. The minimum atomic E-state index is -0.233. The molecule has 0 aliphatic heterocycles. The van der Waals surface area contributed by atoms with Crippen LogP contribution in [0.15, 0.2) is 41.8 Å². The van der Waals surface area contributed by atoms with Crippen molar-refractivity contribution in [3.8, 4) is 0 Å². The highest BCUT2D eigenvalue weighted by atomic mass is 32.1. The molecule has 2 heteroatoms. The Morgan fingerprint density at radius 2 is 1.94 bits per heavy atom. The molecule has 1 aromatic heterocycles. The van der Waals surface area contributed by atoms with Crippen LogP contribution in [0.1, 0.15) is 29.3 Å². The standard InChI is InChI=1S/C15H15NS/c1-15(16)10-13(11-5-3-2-4-6-11)9-12-7-8-17-14(12)15/h2-9H,10,16H2,1H3. The van der Waals surface area contributed by atoms with Crippen molar-refractivity contribution in [1.29, 1.82) is 0 Å². The van der Waals surface area contributed by atoms with Gasteiger partial charge in [0.25, 0.3) is 0 Å². The Labute approximate surface area is 106 Å². The summed E-state index contributed by atoms with van der Waals surface area (Å²) in [7, 11) is 0. The van der Waals surface area contributed by atoms with Crippen molar-refractivity contribution >= 4 is 23.0 Å². The van der Waals surface area contributed by atoms with Crippen LogP contribution < -0.4 is 5.73 Å². The molecule has 0 saturated carbocycles. The lowest BCUT2D eigenvalue weighted by molar-refractivity contribution is 0.516. The van der Waals surface area contributed by atoms with Crippen LogP contribution in [0.2, 0.25) is 0 Å². The van der Waals surface area contributed by atoms with E-state index in [4.69, 9.17) is 5.73 Å². The highest BCUT2D eigenvalue weighted by Gasteiger charge is 2.30. The van der Waals surface area contributed by atoms with Crippen molar-refractivity contribution in [2.75, 3.05) is 0 Å². The van der Waals surface area contributed by atoms with Gasteiger partial charge in [-0.15, -0.1) is 11.3 Å². The third-order valence-corrected chi connectivity index (χ3v) is 4.46. The summed E-state index contributed by atoms with van der Waals surface area (Å²) in [6.07, 6.45) is 3.18. The van der Waals surface area contributed by atoms with Crippen molar-refractivity contribution < 1.29 is 0 Å². The van der Waals surface area contributed by atoms with Gasteiger partial charge in [-0.25, -0.2) is 0 Å². The van der Waals surface area contributed by atoms with E-state index >= 15 is 0 Å². The Bertz CT molecular complexity index is 564. The van der Waals surface area contributed by atoms with Gasteiger partial charge in [0, 0.05) is 4.88 Å². The molecule has 0 amide bonds. The van der Waals surface area contributed by atoms with Crippen molar-refractivity contribution in [1.82, 2.24) is 0 Å². The van der Waals surface area contributed by atoms with Gasteiger partial charge >= 0.3 is 0 Å². The predicted molar refractivity (Wildman–Crippen MR) is 74.8 cm³/mol. The fourth-order valence-corrected chi connectivity index (χ4v) is 3.40. The summed E-state index contributed by atoms with van der Waals surface area (Å²) in [4.78, 5) is 1.30. The average Bonchev–Trinajstić information content (AvgIpc) is 2.78. The van der Waals surface area contributed by atoms with Crippen LogP contribution in [-0.4, -0.2) is 0 Å². The number of hydrogen-bond acceptors (Lipinski definition) is 2. The van der Waals surface area contributed by atoms with Crippen molar-refractivity contribution in [2.24, 2.45) is 5.73 Å². The highest BCUT2D eigenvalue weighted by Crippen LogP contribution is 2.41. The zero-order valence-electron chi connectivity index (χ0n) is 9.81. The number of rotatable bonds is 1.